The van der Waals surface area contributed by atoms with Crippen LogP contribution in [0.25, 0.3) is 5.41 Å². The number of nitrogens with zero attached hydrogens (tertiary/aromatic N) is 3. The van der Waals surface area contributed by atoms with E-state index in [2.05, 4.69) is 23.6 Å². The zero-order valence-corrected chi connectivity index (χ0v) is 10.7. The minimum absolute atomic E-state index is 0.541. The molecule has 3 nitrogen and oxygen atoms in total. The summed E-state index contributed by atoms with van der Waals surface area (Å²) in [5, 5.41) is 10.2. The van der Waals surface area contributed by atoms with Crippen LogP contribution in [0.1, 0.15) is 39.5 Å². The first kappa shape index (κ1) is 11.7. The summed E-state index contributed by atoms with van der Waals surface area (Å²) < 4.78 is 0. The fourth-order valence-electron chi connectivity index (χ4n) is 2.62. The van der Waals surface area contributed by atoms with Crippen molar-refractivity contribution in [2.24, 2.45) is 11.8 Å². The normalized spacial score (nSPS) is 24.9. The highest BCUT2D eigenvalue weighted by molar-refractivity contribution is 5.83. The van der Waals surface area contributed by atoms with Gasteiger partial charge in [-0.3, -0.25) is 0 Å². The fourth-order valence-corrected chi connectivity index (χ4v) is 2.62. The number of piperidine rings is 2. The van der Waals surface area contributed by atoms with Crippen molar-refractivity contribution in [3.63, 3.8) is 0 Å². The van der Waals surface area contributed by atoms with E-state index >= 15 is 0 Å². The lowest BCUT2D eigenvalue weighted by atomic mass is 9.98. The van der Waals surface area contributed by atoms with Gasteiger partial charge in [-0.05, 0) is 63.7 Å². The van der Waals surface area contributed by atoms with Gasteiger partial charge in [-0.25, -0.2) is 0 Å². The van der Waals surface area contributed by atoms with Gasteiger partial charge < -0.3 is 15.2 Å². The topological polar surface area (TPSA) is 28.8 Å². The number of hydrogen-bond acceptors (Lipinski definition) is 0. The van der Waals surface area contributed by atoms with Crippen LogP contribution >= 0.6 is 0 Å². The fraction of sp³-hybridized carbons (Fsp3) is 0.923. The molecular weight excluding hydrogens is 198 g/mol. The van der Waals surface area contributed by atoms with E-state index in [1.807, 2.05) is 0 Å². The molecule has 0 spiro atoms. The van der Waals surface area contributed by atoms with Crippen molar-refractivity contribution >= 4 is 5.96 Å². The van der Waals surface area contributed by atoms with Gasteiger partial charge in [0.1, 0.15) is 0 Å². The Kier molecular flexibility index (Phi) is 3.72. The molecule has 0 aliphatic carbocycles. The Morgan fingerprint density at radius 2 is 1.12 bits per heavy atom. The summed E-state index contributed by atoms with van der Waals surface area (Å²) >= 11 is 0. The largest absolute Gasteiger partial charge is 0.426 e. The molecule has 2 fully saturated rings. The molecule has 2 saturated heterocycles. The Balaban J connectivity index is 1.83. The van der Waals surface area contributed by atoms with E-state index in [1.165, 1.54) is 25.7 Å². The van der Waals surface area contributed by atoms with Crippen molar-refractivity contribution in [2.75, 3.05) is 26.2 Å². The summed E-state index contributed by atoms with van der Waals surface area (Å²) in [4.78, 5) is 4.33. The summed E-state index contributed by atoms with van der Waals surface area (Å²) in [6.07, 6.45) is 4.87. The summed E-state index contributed by atoms with van der Waals surface area (Å²) in [5.74, 6) is 2.19. The summed E-state index contributed by atoms with van der Waals surface area (Å²) in [6, 6.07) is 0. The van der Waals surface area contributed by atoms with Crippen LogP contribution in [-0.4, -0.2) is 41.9 Å². The van der Waals surface area contributed by atoms with E-state index in [0.29, 0.717) is 5.96 Å². The van der Waals surface area contributed by atoms with Crippen molar-refractivity contribution < 1.29 is 0 Å². The highest BCUT2D eigenvalue weighted by Crippen LogP contribution is 2.20. The number of likely N-dealkylation sites (tertiary alicyclic amines) is 2. The minimum atomic E-state index is 0.541. The molecule has 0 aromatic carbocycles. The predicted molar refractivity (Wildman–Crippen MR) is 68.3 cm³/mol. The number of guanidine groups is 1. The quantitative estimate of drug-likeness (QED) is 0.465. The highest BCUT2D eigenvalue weighted by Gasteiger charge is 2.18. The molecule has 0 bridgehead atoms. The Morgan fingerprint density at radius 3 is 1.44 bits per heavy atom. The standard InChI is InChI=1S/C13H24N3/c1-11-3-7-15(8-4-11)13(14)16-9-5-12(2)6-10-16/h11-12H,3-10H2,1-2H3/q-1. The zero-order chi connectivity index (χ0) is 11.5. The molecule has 2 aliphatic rings. The first-order chi connectivity index (χ1) is 7.66. The van der Waals surface area contributed by atoms with Gasteiger partial charge >= 0.3 is 0 Å². The first-order valence-corrected chi connectivity index (χ1v) is 6.72. The van der Waals surface area contributed by atoms with Gasteiger partial charge in [-0.15, -0.1) is 0 Å². The average molecular weight is 222 g/mol. The molecule has 2 heterocycles. The Bertz CT molecular complexity index is 212. The monoisotopic (exact) mass is 222 g/mol. The molecule has 3 heteroatoms. The third-order valence-electron chi connectivity index (χ3n) is 4.13. The zero-order valence-electron chi connectivity index (χ0n) is 10.7. The molecule has 92 valence electrons. The third kappa shape index (κ3) is 2.69. The first-order valence-electron chi connectivity index (χ1n) is 6.72. The van der Waals surface area contributed by atoms with Gasteiger partial charge in [0.05, 0.1) is 0 Å². The van der Waals surface area contributed by atoms with E-state index in [9.17, 15) is 5.41 Å². The summed E-state index contributed by atoms with van der Waals surface area (Å²) in [6.45, 7) is 8.71. The maximum atomic E-state index is 10.2. The Morgan fingerprint density at radius 1 is 0.812 bits per heavy atom. The predicted octanol–water partition coefficient (Wildman–Crippen LogP) is 2.38. The number of rotatable bonds is 0. The van der Waals surface area contributed by atoms with Crippen LogP contribution in [0.15, 0.2) is 0 Å². The van der Waals surface area contributed by atoms with E-state index in [1.54, 1.807) is 0 Å². The molecular formula is C13H24N3-. The molecule has 2 aliphatic heterocycles. The van der Waals surface area contributed by atoms with Crippen LogP contribution in [0, 0.1) is 11.8 Å². The molecule has 0 aromatic heterocycles. The van der Waals surface area contributed by atoms with Gasteiger partial charge in [0.25, 0.3) is 0 Å². The molecule has 0 radical (unpaired) electrons. The van der Waals surface area contributed by atoms with Crippen molar-refractivity contribution in [3.05, 3.63) is 5.41 Å². The van der Waals surface area contributed by atoms with E-state index in [0.717, 1.165) is 38.0 Å². The second-order valence-corrected chi connectivity index (χ2v) is 5.64. The molecule has 0 N–H and O–H groups in total. The Hall–Kier alpha value is -0.730. The molecule has 0 amide bonds. The molecule has 2 rings (SSSR count). The smallest absolute Gasteiger partial charge is 0.0107 e. The van der Waals surface area contributed by atoms with Crippen molar-refractivity contribution in [1.82, 2.24) is 9.80 Å². The molecule has 0 atom stereocenters. The third-order valence-corrected chi connectivity index (χ3v) is 4.13. The van der Waals surface area contributed by atoms with Crippen LogP contribution in [0.4, 0.5) is 0 Å². The highest BCUT2D eigenvalue weighted by atomic mass is 15.4. The van der Waals surface area contributed by atoms with Gasteiger partial charge in [0.15, 0.2) is 0 Å². The average Bonchev–Trinajstić information content (AvgIpc) is 2.30. The van der Waals surface area contributed by atoms with Crippen molar-refractivity contribution in [2.45, 2.75) is 39.5 Å². The lowest BCUT2D eigenvalue weighted by Gasteiger charge is -2.47. The van der Waals surface area contributed by atoms with Crippen LogP contribution in [0.5, 0.6) is 0 Å². The summed E-state index contributed by atoms with van der Waals surface area (Å²) in [5.41, 5.74) is 0. The van der Waals surface area contributed by atoms with E-state index < -0.39 is 0 Å². The van der Waals surface area contributed by atoms with Gasteiger partial charge in [-0.2, -0.15) is 0 Å². The number of hydrogen-bond donors (Lipinski definition) is 0. The van der Waals surface area contributed by atoms with Gasteiger partial charge in [-0.1, -0.05) is 13.8 Å². The van der Waals surface area contributed by atoms with Gasteiger partial charge in [0, 0.05) is 5.96 Å². The lowest BCUT2D eigenvalue weighted by molar-refractivity contribution is 0.217. The Labute approximate surface area is 99.3 Å². The summed E-state index contributed by atoms with van der Waals surface area (Å²) in [7, 11) is 0. The SMILES string of the molecule is CC1CCN(C(=[N-])N2CCC(C)CC2)CC1. The van der Waals surface area contributed by atoms with Crippen LogP contribution < -0.4 is 0 Å². The molecule has 0 aromatic rings. The molecule has 16 heavy (non-hydrogen) atoms. The van der Waals surface area contributed by atoms with E-state index in [4.69, 9.17) is 0 Å². The molecule has 0 saturated carbocycles. The van der Waals surface area contributed by atoms with Gasteiger partial charge in [0.2, 0.25) is 0 Å². The van der Waals surface area contributed by atoms with E-state index in [-0.39, 0.29) is 0 Å². The van der Waals surface area contributed by atoms with Crippen molar-refractivity contribution in [1.29, 1.82) is 0 Å². The lowest BCUT2D eigenvalue weighted by Crippen LogP contribution is -2.49. The second-order valence-electron chi connectivity index (χ2n) is 5.64. The molecule has 0 unspecified atom stereocenters. The minimum Gasteiger partial charge on any atom is -0.426 e. The second kappa shape index (κ2) is 5.07. The van der Waals surface area contributed by atoms with Crippen molar-refractivity contribution in [3.8, 4) is 0 Å². The van der Waals surface area contributed by atoms with Crippen LogP contribution in [-0.2, 0) is 0 Å². The van der Waals surface area contributed by atoms with Crippen LogP contribution in [0.2, 0.25) is 0 Å². The maximum absolute atomic E-state index is 10.2. The maximum Gasteiger partial charge on any atom is 0.0107 e. The van der Waals surface area contributed by atoms with Crippen LogP contribution in [0.3, 0.4) is 0 Å².